The molecule has 2 saturated heterocycles. The molecule has 2 fully saturated rings. The number of piperazine rings is 1. The van der Waals surface area contributed by atoms with Crippen molar-refractivity contribution in [1.82, 2.24) is 20.0 Å². The second kappa shape index (κ2) is 11.9. The van der Waals surface area contributed by atoms with Gasteiger partial charge in [0, 0.05) is 45.8 Å². The molecule has 0 spiro atoms. The summed E-state index contributed by atoms with van der Waals surface area (Å²) in [4.78, 5) is 23.7. The zero-order chi connectivity index (χ0) is 22.1. The van der Waals surface area contributed by atoms with Crippen LogP contribution < -0.4 is 10.1 Å². The number of aryl methyl sites for hydroxylation is 1. The zero-order valence-electron chi connectivity index (χ0n) is 19.2. The molecule has 2 aliphatic heterocycles. The summed E-state index contributed by atoms with van der Waals surface area (Å²) >= 11 is 0. The van der Waals surface area contributed by atoms with Gasteiger partial charge in [0.15, 0.2) is 5.96 Å². The van der Waals surface area contributed by atoms with Crippen LogP contribution in [0.3, 0.4) is 0 Å². The Morgan fingerprint density at radius 1 is 1.16 bits per heavy atom. The standard InChI is InChI=1S/C23H37N5O3/c1-4-24-23(25-17-20(3)31-21-7-5-6-19(2)16-21)28-10-8-26(9-11-28)18-22(29)27-12-14-30-15-13-27/h5-7,16,20H,4,8-15,17-18H2,1-3H3,(H,24,25). The third kappa shape index (κ3) is 7.40. The number of nitrogens with one attached hydrogen (secondary N) is 1. The van der Waals surface area contributed by atoms with Gasteiger partial charge in [-0.15, -0.1) is 0 Å². The first-order valence-electron chi connectivity index (χ1n) is 11.4. The van der Waals surface area contributed by atoms with Crippen LogP contribution in [0.15, 0.2) is 29.3 Å². The fraction of sp³-hybridized carbons (Fsp3) is 0.652. The van der Waals surface area contributed by atoms with E-state index in [4.69, 9.17) is 14.5 Å². The van der Waals surface area contributed by atoms with Gasteiger partial charge in [-0.05, 0) is 38.5 Å². The van der Waals surface area contributed by atoms with Gasteiger partial charge in [-0.2, -0.15) is 0 Å². The number of nitrogens with zero attached hydrogens (tertiary/aromatic N) is 4. The monoisotopic (exact) mass is 431 g/mol. The van der Waals surface area contributed by atoms with Gasteiger partial charge in [0.1, 0.15) is 11.9 Å². The predicted octanol–water partition coefficient (Wildman–Crippen LogP) is 1.20. The van der Waals surface area contributed by atoms with E-state index in [1.54, 1.807) is 0 Å². The Morgan fingerprint density at radius 3 is 2.58 bits per heavy atom. The summed E-state index contributed by atoms with van der Waals surface area (Å²) in [7, 11) is 0. The molecule has 1 N–H and O–H groups in total. The number of morpholine rings is 1. The van der Waals surface area contributed by atoms with E-state index in [0.29, 0.717) is 39.4 Å². The maximum Gasteiger partial charge on any atom is 0.236 e. The van der Waals surface area contributed by atoms with E-state index in [1.807, 2.05) is 30.0 Å². The average molecular weight is 432 g/mol. The van der Waals surface area contributed by atoms with Crippen LogP contribution in [0.25, 0.3) is 0 Å². The Bertz CT molecular complexity index is 728. The van der Waals surface area contributed by atoms with Crippen LogP contribution >= 0.6 is 0 Å². The minimum atomic E-state index is -0.0112. The highest BCUT2D eigenvalue weighted by Gasteiger charge is 2.24. The van der Waals surface area contributed by atoms with Crippen LogP contribution in [0, 0.1) is 6.92 Å². The lowest BCUT2D eigenvalue weighted by atomic mass is 10.2. The fourth-order valence-corrected chi connectivity index (χ4v) is 3.82. The Morgan fingerprint density at radius 2 is 1.90 bits per heavy atom. The van der Waals surface area contributed by atoms with Crippen molar-refractivity contribution in [3.63, 3.8) is 0 Å². The summed E-state index contributed by atoms with van der Waals surface area (Å²) in [6, 6.07) is 8.10. The molecule has 0 saturated carbocycles. The van der Waals surface area contributed by atoms with Crippen LogP contribution in [0.2, 0.25) is 0 Å². The Hall–Kier alpha value is -2.32. The molecule has 1 amide bonds. The van der Waals surface area contributed by atoms with Gasteiger partial charge < -0.3 is 24.6 Å². The first kappa shape index (κ1) is 23.3. The van der Waals surface area contributed by atoms with Crippen molar-refractivity contribution in [2.75, 3.05) is 72.1 Å². The highest BCUT2D eigenvalue weighted by Crippen LogP contribution is 2.14. The summed E-state index contributed by atoms with van der Waals surface area (Å²) in [6.45, 7) is 14.2. The minimum Gasteiger partial charge on any atom is -0.489 e. The number of hydrogen-bond donors (Lipinski definition) is 1. The lowest BCUT2D eigenvalue weighted by molar-refractivity contribution is -0.136. The van der Waals surface area contributed by atoms with E-state index < -0.39 is 0 Å². The van der Waals surface area contributed by atoms with Crippen molar-refractivity contribution in [3.05, 3.63) is 29.8 Å². The number of guanidine groups is 1. The lowest BCUT2D eigenvalue weighted by Gasteiger charge is -2.37. The topological polar surface area (TPSA) is 69.6 Å². The number of benzene rings is 1. The van der Waals surface area contributed by atoms with Crippen molar-refractivity contribution < 1.29 is 14.3 Å². The quantitative estimate of drug-likeness (QED) is 0.517. The number of amides is 1. The van der Waals surface area contributed by atoms with E-state index in [-0.39, 0.29) is 12.0 Å². The van der Waals surface area contributed by atoms with E-state index in [2.05, 4.69) is 35.0 Å². The van der Waals surface area contributed by atoms with E-state index >= 15 is 0 Å². The first-order chi connectivity index (χ1) is 15.0. The number of rotatable bonds is 7. The second-order valence-electron chi connectivity index (χ2n) is 8.20. The molecule has 2 heterocycles. The molecule has 2 aliphatic rings. The first-order valence-corrected chi connectivity index (χ1v) is 11.4. The molecule has 8 heteroatoms. The predicted molar refractivity (Wildman–Crippen MR) is 123 cm³/mol. The van der Waals surface area contributed by atoms with Crippen LogP contribution in [0.1, 0.15) is 19.4 Å². The van der Waals surface area contributed by atoms with Crippen LogP contribution in [-0.2, 0) is 9.53 Å². The Labute approximate surface area is 186 Å². The minimum absolute atomic E-state index is 0.0112. The fourth-order valence-electron chi connectivity index (χ4n) is 3.82. The summed E-state index contributed by atoms with van der Waals surface area (Å²) in [6.07, 6.45) is -0.0112. The maximum absolute atomic E-state index is 12.5. The number of aliphatic imine (C=N–C) groups is 1. The average Bonchev–Trinajstić information content (AvgIpc) is 2.78. The maximum atomic E-state index is 12.5. The van der Waals surface area contributed by atoms with E-state index in [1.165, 1.54) is 5.56 Å². The third-order valence-corrected chi connectivity index (χ3v) is 5.55. The molecule has 1 atom stereocenters. The number of carbonyl (C=O) groups is 1. The van der Waals surface area contributed by atoms with E-state index in [9.17, 15) is 4.79 Å². The number of hydrogen-bond acceptors (Lipinski definition) is 5. The normalized spacial score (nSPS) is 19.3. The van der Waals surface area contributed by atoms with Crippen LogP contribution in [-0.4, -0.2) is 105 Å². The number of carbonyl (C=O) groups excluding carboxylic acids is 1. The molecule has 0 radical (unpaired) electrons. The highest BCUT2D eigenvalue weighted by atomic mass is 16.5. The molecule has 1 aromatic rings. The summed E-state index contributed by atoms with van der Waals surface area (Å²) in [5, 5.41) is 3.40. The molecule has 0 aromatic heterocycles. The van der Waals surface area contributed by atoms with Crippen molar-refractivity contribution >= 4 is 11.9 Å². The lowest BCUT2D eigenvalue weighted by Crippen LogP contribution is -2.55. The van der Waals surface area contributed by atoms with E-state index in [0.717, 1.165) is 44.4 Å². The molecular formula is C23H37N5O3. The number of ether oxygens (including phenoxy) is 2. The molecular weight excluding hydrogens is 394 g/mol. The second-order valence-corrected chi connectivity index (χ2v) is 8.20. The molecule has 31 heavy (non-hydrogen) atoms. The van der Waals surface area contributed by atoms with Gasteiger partial charge in [0.05, 0.1) is 26.3 Å². The smallest absolute Gasteiger partial charge is 0.236 e. The molecule has 1 unspecified atom stereocenters. The summed E-state index contributed by atoms with van der Waals surface area (Å²) < 4.78 is 11.4. The molecule has 8 nitrogen and oxygen atoms in total. The highest BCUT2D eigenvalue weighted by molar-refractivity contribution is 5.80. The summed E-state index contributed by atoms with van der Waals surface area (Å²) in [5.41, 5.74) is 1.19. The van der Waals surface area contributed by atoms with Gasteiger partial charge in [-0.1, -0.05) is 12.1 Å². The molecule has 172 valence electrons. The molecule has 3 rings (SSSR count). The molecule has 0 aliphatic carbocycles. The van der Waals surface area contributed by atoms with Gasteiger partial charge in [-0.3, -0.25) is 9.69 Å². The van der Waals surface area contributed by atoms with Gasteiger partial charge in [-0.25, -0.2) is 4.99 Å². The molecule has 1 aromatic carbocycles. The SMILES string of the molecule is CCNC(=NCC(C)Oc1cccc(C)c1)N1CCN(CC(=O)N2CCOCC2)CC1. The Balaban J connectivity index is 1.47. The third-order valence-electron chi connectivity index (χ3n) is 5.55. The van der Waals surface area contributed by atoms with Gasteiger partial charge >= 0.3 is 0 Å². The van der Waals surface area contributed by atoms with Crippen molar-refractivity contribution in [2.24, 2.45) is 4.99 Å². The largest absolute Gasteiger partial charge is 0.489 e. The Kier molecular flexibility index (Phi) is 8.97. The van der Waals surface area contributed by atoms with Gasteiger partial charge in [0.2, 0.25) is 5.91 Å². The zero-order valence-corrected chi connectivity index (χ0v) is 19.2. The van der Waals surface area contributed by atoms with Gasteiger partial charge in [0.25, 0.3) is 0 Å². The van der Waals surface area contributed by atoms with Crippen molar-refractivity contribution in [1.29, 1.82) is 0 Å². The molecule has 0 bridgehead atoms. The van der Waals surface area contributed by atoms with Crippen molar-refractivity contribution in [3.8, 4) is 5.75 Å². The van der Waals surface area contributed by atoms with Crippen LogP contribution in [0.5, 0.6) is 5.75 Å². The summed E-state index contributed by atoms with van der Waals surface area (Å²) in [5.74, 6) is 2.01. The van der Waals surface area contributed by atoms with Crippen LogP contribution in [0.4, 0.5) is 0 Å². The van der Waals surface area contributed by atoms with Crippen molar-refractivity contribution in [2.45, 2.75) is 26.9 Å².